The zero-order valence-corrected chi connectivity index (χ0v) is 13.0. The van der Waals surface area contributed by atoms with Crippen molar-refractivity contribution in [1.82, 2.24) is 5.43 Å². The van der Waals surface area contributed by atoms with E-state index in [9.17, 15) is 4.79 Å². The van der Waals surface area contributed by atoms with Gasteiger partial charge in [0.15, 0.2) is 0 Å². The summed E-state index contributed by atoms with van der Waals surface area (Å²) in [6.45, 7) is 2.17. The summed E-state index contributed by atoms with van der Waals surface area (Å²) in [5, 5.41) is 4.42. The molecule has 1 saturated carbocycles. The number of rotatable bonds is 6. The molecule has 0 unspecified atom stereocenters. The van der Waals surface area contributed by atoms with Gasteiger partial charge in [0.2, 0.25) is 5.91 Å². The zero-order chi connectivity index (χ0) is 14.9. The first-order valence-electron chi connectivity index (χ1n) is 8.23. The standard InChI is InChI=1S/C18H26N2O/c1-2-3-14-17(15-10-6-4-7-11-15)19-20-18(21)16-12-8-5-9-13-16/h4,6-7,10-11,16H,2-3,5,8-9,12-14H2,1H3,(H,20,21)/b19-17+. The second-order valence-corrected chi connectivity index (χ2v) is 5.84. The lowest BCUT2D eigenvalue weighted by molar-refractivity contribution is -0.125. The average molecular weight is 286 g/mol. The lowest BCUT2D eigenvalue weighted by Gasteiger charge is -2.19. The lowest BCUT2D eigenvalue weighted by atomic mass is 9.89. The van der Waals surface area contributed by atoms with Gasteiger partial charge >= 0.3 is 0 Å². The van der Waals surface area contributed by atoms with Gasteiger partial charge in [-0.2, -0.15) is 5.10 Å². The molecule has 0 aliphatic heterocycles. The molecule has 1 N–H and O–H groups in total. The minimum Gasteiger partial charge on any atom is -0.273 e. The number of carbonyl (C=O) groups excluding carboxylic acids is 1. The van der Waals surface area contributed by atoms with E-state index in [0.29, 0.717) is 0 Å². The maximum Gasteiger partial charge on any atom is 0.243 e. The highest BCUT2D eigenvalue weighted by Gasteiger charge is 2.20. The van der Waals surface area contributed by atoms with Crippen molar-refractivity contribution in [1.29, 1.82) is 0 Å². The Labute approximate surface area is 127 Å². The molecule has 1 aromatic carbocycles. The fourth-order valence-corrected chi connectivity index (χ4v) is 2.82. The predicted octanol–water partition coefficient (Wildman–Crippen LogP) is 4.28. The number of hydrogen-bond donors (Lipinski definition) is 1. The summed E-state index contributed by atoms with van der Waals surface area (Å²) in [6, 6.07) is 10.1. The summed E-state index contributed by atoms with van der Waals surface area (Å²) < 4.78 is 0. The Balaban J connectivity index is 2.00. The highest BCUT2D eigenvalue weighted by molar-refractivity contribution is 6.01. The minimum absolute atomic E-state index is 0.0969. The van der Waals surface area contributed by atoms with Crippen LogP contribution in [-0.2, 0) is 4.79 Å². The smallest absolute Gasteiger partial charge is 0.243 e. The Morgan fingerprint density at radius 3 is 2.57 bits per heavy atom. The molecule has 0 aromatic heterocycles. The van der Waals surface area contributed by atoms with Gasteiger partial charge in [0.1, 0.15) is 0 Å². The van der Waals surface area contributed by atoms with Gasteiger partial charge < -0.3 is 0 Å². The van der Waals surface area contributed by atoms with Crippen LogP contribution in [0.2, 0.25) is 0 Å². The molecule has 3 heteroatoms. The number of unbranched alkanes of at least 4 members (excludes halogenated alkanes) is 1. The van der Waals surface area contributed by atoms with E-state index in [1.807, 2.05) is 18.2 Å². The molecule has 1 aliphatic carbocycles. The van der Waals surface area contributed by atoms with Crippen LogP contribution >= 0.6 is 0 Å². The third-order valence-corrected chi connectivity index (χ3v) is 4.15. The molecule has 0 saturated heterocycles. The molecule has 0 radical (unpaired) electrons. The number of nitrogens with one attached hydrogen (secondary N) is 1. The Bertz CT molecular complexity index is 461. The van der Waals surface area contributed by atoms with E-state index < -0.39 is 0 Å². The number of benzene rings is 1. The molecule has 0 atom stereocenters. The van der Waals surface area contributed by atoms with Gasteiger partial charge in [-0.05, 0) is 31.2 Å². The molecular formula is C18H26N2O. The largest absolute Gasteiger partial charge is 0.273 e. The normalized spacial score (nSPS) is 16.7. The van der Waals surface area contributed by atoms with Crippen molar-refractivity contribution < 1.29 is 4.79 Å². The van der Waals surface area contributed by atoms with E-state index in [-0.39, 0.29) is 11.8 Å². The van der Waals surface area contributed by atoms with Crippen LogP contribution in [0.5, 0.6) is 0 Å². The maximum absolute atomic E-state index is 12.2. The van der Waals surface area contributed by atoms with E-state index in [0.717, 1.165) is 43.4 Å². The van der Waals surface area contributed by atoms with Gasteiger partial charge in [-0.1, -0.05) is 62.9 Å². The average Bonchev–Trinajstić information content (AvgIpc) is 2.56. The molecule has 1 fully saturated rings. The van der Waals surface area contributed by atoms with Crippen LogP contribution in [0, 0.1) is 5.92 Å². The van der Waals surface area contributed by atoms with E-state index in [4.69, 9.17) is 0 Å². The van der Waals surface area contributed by atoms with E-state index in [2.05, 4.69) is 29.6 Å². The van der Waals surface area contributed by atoms with Crippen LogP contribution in [0.1, 0.15) is 63.9 Å². The van der Waals surface area contributed by atoms with Crippen molar-refractivity contribution >= 4 is 11.6 Å². The van der Waals surface area contributed by atoms with Crippen molar-refractivity contribution in [2.45, 2.75) is 58.3 Å². The lowest BCUT2D eigenvalue weighted by Crippen LogP contribution is -2.29. The number of amides is 1. The molecule has 2 rings (SSSR count). The van der Waals surface area contributed by atoms with Crippen LogP contribution in [0.25, 0.3) is 0 Å². The van der Waals surface area contributed by atoms with Gasteiger partial charge in [-0.25, -0.2) is 5.43 Å². The topological polar surface area (TPSA) is 41.5 Å². The second kappa shape index (κ2) is 8.60. The van der Waals surface area contributed by atoms with Crippen LogP contribution in [0.15, 0.2) is 35.4 Å². The molecule has 0 heterocycles. The fraction of sp³-hybridized carbons (Fsp3) is 0.556. The van der Waals surface area contributed by atoms with Crippen LogP contribution in [0.3, 0.4) is 0 Å². The summed E-state index contributed by atoms with van der Waals surface area (Å²) in [6.07, 6.45) is 8.75. The van der Waals surface area contributed by atoms with Crippen LogP contribution in [-0.4, -0.2) is 11.6 Å². The van der Waals surface area contributed by atoms with Gasteiger partial charge in [-0.3, -0.25) is 4.79 Å². The van der Waals surface area contributed by atoms with Gasteiger partial charge in [0.05, 0.1) is 5.71 Å². The zero-order valence-electron chi connectivity index (χ0n) is 13.0. The maximum atomic E-state index is 12.2. The first-order valence-corrected chi connectivity index (χ1v) is 8.23. The number of hydrogen-bond acceptors (Lipinski definition) is 2. The first kappa shape index (κ1) is 15.7. The van der Waals surface area contributed by atoms with Gasteiger partial charge in [0.25, 0.3) is 0 Å². The molecule has 1 aliphatic rings. The summed E-state index contributed by atoms with van der Waals surface area (Å²) in [4.78, 5) is 12.2. The number of nitrogens with zero attached hydrogens (tertiary/aromatic N) is 1. The molecular weight excluding hydrogens is 260 g/mol. The van der Waals surface area contributed by atoms with Crippen molar-refractivity contribution in [3.8, 4) is 0 Å². The van der Waals surface area contributed by atoms with Crippen LogP contribution < -0.4 is 5.43 Å². The van der Waals surface area contributed by atoms with Crippen molar-refractivity contribution in [3.05, 3.63) is 35.9 Å². The molecule has 1 aromatic rings. The third-order valence-electron chi connectivity index (χ3n) is 4.15. The first-order chi connectivity index (χ1) is 10.3. The quantitative estimate of drug-likeness (QED) is 0.615. The van der Waals surface area contributed by atoms with E-state index in [1.54, 1.807) is 0 Å². The second-order valence-electron chi connectivity index (χ2n) is 5.84. The molecule has 0 spiro atoms. The Morgan fingerprint density at radius 1 is 1.19 bits per heavy atom. The Morgan fingerprint density at radius 2 is 1.90 bits per heavy atom. The molecule has 21 heavy (non-hydrogen) atoms. The number of carbonyl (C=O) groups is 1. The van der Waals surface area contributed by atoms with Crippen LogP contribution in [0.4, 0.5) is 0 Å². The minimum atomic E-state index is 0.0969. The molecule has 3 nitrogen and oxygen atoms in total. The van der Waals surface area contributed by atoms with Crippen molar-refractivity contribution in [2.24, 2.45) is 11.0 Å². The fourth-order valence-electron chi connectivity index (χ4n) is 2.82. The van der Waals surface area contributed by atoms with Gasteiger partial charge in [-0.15, -0.1) is 0 Å². The predicted molar refractivity (Wildman–Crippen MR) is 87.2 cm³/mol. The summed E-state index contributed by atoms with van der Waals surface area (Å²) in [5.41, 5.74) is 4.90. The van der Waals surface area contributed by atoms with E-state index in [1.165, 1.54) is 19.3 Å². The molecule has 1 amide bonds. The Hall–Kier alpha value is -1.64. The highest BCUT2D eigenvalue weighted by Crippen LogP contribution is 2.23. The highest BCUT2D eigenvalue weighted by atomic mass is 16.2. The summed E-state index contributed by atoms with van der Waals surface area (Å²) in [5.74, 6) is 0.255. The summed E-state index contributed by atoms with van der Waals surface area (Å²) in [7, 11) is 0. The number of hydrazone groups is 1. The van der Waals surface area contributed by atoms with E-state index >= 15 is 0 Å². The summed E-state index contributed by atoms with van der Waals surface area (Å²) >= 11 is 0. The Kier molecular flexibility index (Phi) is 6.45. The van der Waals surface area contributed by atoms with Gasteiger partial charge in [0, 0.05) is 5.92 Å². The third kappa shape index (κ3) is 5.00. The monoisotopic (exact) mass is 286 g/mol. The molecule has 0 bridgehead atoms. The van der Waals surface area contributed by atoms with Crippen molar-refractivity contribution in [3.63, 3.8) is 0 Å². The molecule has 114 valence electrons. The van der Waals surface area contributed by atoms with Crippen molar-refractivity contribution in [2.75, 3.05) is 0 Å². The SMILES string of the molecule is CCCC/C(=N\NC(=O)C1CCCCC1)c1ccccc1.